The molecule has 1 atom stereocenters. The maximum atomic E-state index is 5.94. The van der Waals surface area contributed by atoms with Crippen LogP contribution in [-0.2, 0) is 0 Å². The van der Waals surface area contributed by atoms with Crippen LogP contribution in [0.25, 0.3) is 0 Å². The van der Waals surface area contributed by atoms with Gasteiger partial charge in [-0.3, -0.25) is 0 Å². The third kappa shape index (κ3) is 2.93. The Morgan fingerprint density at radius 2 is 2.25 bits per heavy atom. The Bertz CT molecular complexity index is 488. The average Bonchev–Trinajstić information content (AvgIpc) is 2.64. The van der Waals surface area contributed by atoms with E-state index in [1.165, 1.54) is 11.3 Å². The van der Waals surface area contributed by atoms with Gasteiger partial charge in [-0.25, -0.2) is 0 Å². The van der Waals surface area contributed by atoms with Gasteiger partial charge in [-0.2, -0.15) is 0 Å². The number of nitrogens with zero attached hydrogens (tertiary/aromatic N) is 2. The van der Waals surface area contributed by atoms with Crippen molar-refractivity contribution in [3.8, 4) is 0 Å². The lowest BCUT2D eigenvalue weighted by Gasteiger charge is -2.12. The fourth-order valence-electron chi connectivity index (χ4n) is 1.31. The van der Waals surface area contributed by atoms with E-state index in [4.69, 9.17) is 11.6 Å². The Morgan fingerprint density at radius 3 is 2.88 bits per heavy atom. The van der Waals surface area contributed by atoms with E-state index in [0.717, 1.165) is 19.6 Å². The summed E-state index contributed by atoms with van der Waals surface area (Å²) >= 11 is 10.7. The summed E-state index contributed by atoms with van der Waals surface area (Å²) in [4.78, 5) is 0. The lowest BCUT2D eigenvalue weighted by Crippen LogP contribution is -2.06. The van der Waals surface area contributed by atoms with Crippen LogP contribution in [0.5, 0.6) is 0 Å². The van der Waals surface area contributed by atoms with E-state index < -0.39 is 0 Å². The molecule has 1 aromatic carbocycles. The molecule has 0 aliphatic heterocycles. The van der Waals surface area contributed by atoms with E-state index in [1.54, 1.807) is 0 Å². The third-order valence-corrected chi connectivity index (χ3v) is 3.61. The number of halogens is 2. The highest BCUT2D eigenvalue weighted by atomic mass is 79.9. The normalized spacial score (nSPS) is 12.4. The van der Waals surface area contributed by atoms with Crippen LogP contribution < -0.4 is 5.32 Å². The highest BCUT2D eigenvalue weighted by Crippen LogP contribution is 2.25. The van der Waals surface area contributed by atoms with Gasteiger partial charge in [0, 0.05) is 5.02 Å². The van der Waals surface area contributed by atoms with Crippen LogP contribution in [0, 0.1) is 0 Å². The Hall–Kier alpha value is -0.650. The summed E-state index contributed by atoms with van der Waals surface area (Å²) in [5.74, 6) is 0. The fourth-order valence-corrected chi connectivity index (χ4v) is 2.60. The van der Waals surface area contributed by atoms with Crippen molar-refractivity contribution in [2.24, 2.45) is 0 Å². The largest absolute Gasteiger partial charge is 0.354 e. The topological polar surface area (TPSA) is 37.8 Å². The van der Waals surface area contributed by atoms with Gasteiger partial charge in [0.05, 0.1) is 6.04 Å². The second-order valence-electron chi connectivity index (χ2n) is 3.28. The van der Waals surface area contributed by atoms with Crippen molar-refractivity contribution in [2.45, 2.75) is 13.0 Å². The summed E-state index contributed by atoms with van der Waals surface area (Å²) in [5, 5.41) is 12.7. The van der Waals surface area contributed by atoms with Crippen molar-refractivity contribution in [3.05, 3.63) is 38.8 Å². The lowest BCUT2D eigenvalue weighted by atomic mass is 10.1. The van der Waals surface area contributed by atoms with E-state index >= 15 is 0 Å². The van der Waals surface area contributed by atoms with Gasteiger partial charge in [0.2, 0.25) is 5.13 Å². The predicted molar refractivity (Wildman–Crippen MR) is 71.1 cm³/mol. The van der Waals surface area contributed by atoms with Gasteiger partial charge in [0.1, 0.15) is 0 Å². The van der Waals surface area contributed by atoms with Crippen molar-refractivity contribution in [1.29, 1.82) is 0 Å². The maximum Gasteiger partial charge on any atom is 0.206 e. The zero-order chi connectivity index (χ0) is 11.5. The first-order chi connectivity index (χ1) is 7.65. The number of aromatic nitrogens is 2. The smallest absolute Gasteiger partial charge is 0.206 e. The van der Waals surface area contributed by atoms with Crippen LogP contribution in [0.2, 0.25) is 5.02 Å². The summed E-state index contributed by atoms with van der Waals surface area (Å²) < 4.78 is 0.772. The van der Waals surface area contributed by atoms with Gasteiger partial charge < -0.3 is 5.32 Å². The molecule has 0 saturated heterocycles. The monoisotopic (exact) mass is 317 g/mol. The minimum absolute atomic E-state index is 0.151. The second kappa shape index (κ2) is 5.12. The van der Waals surface area contributed by atoms with Crippen molar-refractivity contribution in [3.63, 3.8) is 0 Å². The number of rotatable bonds is 3. The molecule has 1 N–H and O–H groups in total. The summed E-state index contributed by atoms with van der Waals surface area (Å²) in [7, 11) is 0. The maximum absolute atomic E-state index is 5.94. The molecule has 0 aliphatic rings. The van der Waals surface area contributed by atoms with Gasteiger partial charge in [0.15, 0.2) is 3.92 Å². The van der Waals surface area contributed by atoms with Crippen LogP contribution in [0.15, 0.2) is 28.2 Å². The zero-order valence-electron chi connectivity index (χ0n) is 8.45. The average molecular weight is 319 g/mol. The summed E-state index contributed by atoms with van der Waals surface area (Å²) in [5.41, 5.74) is 1.12. The lowest BCUT2D eigenvalue weighted by molar-refractivity contribution is 0.873. The molecule has 1 aromatic heterocycles. The molecular weight excluding hydrogens is 310 g/mol. The summed E-state index contributed by atoms with van der Waals surface area (Å²) in [6, 6.07) is 7.92. The molecule has 0 amide bonds. The van der Waals surface area contributed by atoms with Crippen molar-refractivity contribution in [2.75, 3.05) is 5.32 Å². The minimum Gasteiger partial charge on any atom is -0.354 e. The molecule has 0 saturated carbocycles. The molecular formula is C10H9BrClN3S. The van der Waals surface area contributed by atoms with Gasteiger partial charge in [0.25, 0.3) is 0 Å². The van der Waals surface area contributed by atoms with E-state index in [2.05, 4.69) is 38.4 Å². The molecule has 0 bridgehead atoms. The molecule has 6 heteroatoms. The van der Waals surface area contributed by atoms with Crippen molar-refractivity contribution >= 4 is 44.0 Å². The van der Waals surface area contributed by atoms with Gasteiger partial charge >= 0.3 is 0 Å². The van der Waals surface area contributed by atoms with Gasteiger partial charge in [-0.1, -0.05) is 35.1 Å². The molecule has 2 aromatic rings. The van der Waals surface area contributed by atoms with Crippen molar-refractivity contribution < 1.29 is 0 Å². The first-order valence-corrected chi connectivity index (χ1v) is 6.65. The standard InChI is InChI=1S/C10H9BrClN3S/c1-6(7-3-2-4-8(12)5-7)13-10-15-14-9(11)16-10/h2-6H,1H3,(H,13,15). The quantitative estimate of drug-likeness (QED) is 0.924. The van der Waals surface area contributed by atoms with Crippen LogP contribution in [0.4, 0.5) is 5.13 Å². The van der Waals surface area contributed by atoms with Gasteiger partial charge in [-0.05, 0) is 40.5 Å². The highest BCUT2D eigenvalue weighted by Gasteiger charge is 2.08. The highest BCUT2D eigenvalue weighted by molar-refractivity contribution is 9.11. The Labute approximate surface area is 111 Å². The van der Waals surface area contributed by atoms with E-state index in [9.17, 15) is 0 Å². The predicted octanol–water partition coefficient (Wildman–Crippen LogP) is 4.13. The second-order valence-corrected chi connectivity index (χ2v) is 5.97. The third-order valence-electron chi connectivity index (χ3n) is 2.09. The number of nitrogens with one attached hydrogen (secondary N) is 1. The SMILES string of the molecule is CC(Nc1nnc(Br)s1)c1cccc(Cl)c1. The Balaban J connectivity index is 2.11. The number of benzene rings is 1. The van der Waals surface area contributed by atoms with Crippen molar-refractivity contribution in [1.82, 2.24) is 10.2 Å². The Morgan fingerprint density at radius 1 is 1.44 bits per heavy atom. The Kier molecular flexibility index (Phi) is 3.78. The van der Waals surface area contributed by atoms with Gasteiger partial charge in [-0.15, -0.1) is 10.2 Å². The number of anilines is 1. The minimum atomic E-state index is 0.151. The molecule has 0 aliphatic carbocycles. The zero-order valence-corrected chi connectivity index (χ0v) is 11.6. The molecule has 2 rings (SSSR count). The van der Waals surface area contributed by atoms with E-state index in [1.807, 2.05) is 24.3 Å². The van der Waals surface area contributed by atoms with Crippen LogP contribution in [0.1, 0.15) is 18.5 Å². The van der Waals surface area contributed by atoms with E-state index in [0.29, 0.717) is 0 Å². The summed E-state index contributed by atoms with van der Waals surface area (Å²) in [6.07, 6.45) is 0. The van der Waals surface area contributed by atoms with Crippen LogP contribution in [0.3, 0.4) is 0 Å². The molecule has 0 radical (unpaired) electrons. The number of hydrogen-bond acceptors (Lipinski definition) is 4. The van der Waals surface area contributed by atoms with Crippen LogP contribution in [-0.4, -0.2) is 10.2 Å². The molecule has 16 heavy (non-hydrogen) atoms. The molecule has 0 fully saturated rings. The fraction of sp³-hybridized carbons (Fsp3) is 0.200. The van der Waals surface area contributed by atoms with E-state index in [-0.39, 0.29) is 6.04 Å². The molecule has 0 spiro atoms. The molecule has 1 heterocycles. The molecule has 1 unspecified atom stereocenters. The first-order valence-electron chi connectivity index (χ1n) is 4.66. The first kappa shape index (κ1) is 11.8. The number of hydrogen-bond donors (Lipinski definition) is 1. The summed E-state index contributed by atoms with van der Waals surface area (Å²) in [6.45, 7) is 2.06. The molecule has 3 nitrogen and oxygen atoms in total. The molecule has 84 valence electrons. The van der Waals surface area contributed by atoms with Crippen LogP contribution >= 0.6 is 38.9 Å².